The lowest BCUT2D eigenvalue weighted by molar-refractivity contribution is -0.0561. The molecule has 3 rings (SSSR count). The van der Waals surface area contributed by atoms with E-state index in [-0.39, 0.29) is 0 Å². The van der Waals surface area contributed by atoms with Gasteiger partial charge in [0.05, 0.1) is 25.4 Å². The summed E-state index contributed by atoms with van der Waals surface area (Å²) in [5.41, 5.74) is 0. The lowest BCUT2D eigenvalue weighted by atomic mass is 10.1. The Morgan fingerprint density at radius 3 is 3.00 bits per heavy atom. The Hall–Kier alpha value is -0.120. The van der Waals surface area contributed by atoms with Crippen molar-refractivity contribution in [3.63, 3.8) is 0 Å². The molecule has 2 saturated heterocycles. The Kier molecular flexibility index (Phi) is 2.48. The van der Waals surface area contributed by atoms with Gasteiger partial charge in [-0.2, -0.15) is 0 Å². The van der Waals surface area contributed by atoms with Crippen molar-refractivity contribution in [1.82, 2.24) is 4.90 Å². The van der Waals surface area contributed by atoms with E-state index in [0.29, 0.717) is 12.2 Å². The molecule has 1 aliphatic carbocycles. The molecule has 0 bridgehead atoms. The first-order valence-corrected chi connectivity index (χ1v) is 5.91. The second kappa shape index (κ2) is 3.80. The van der Waals surface area contributed by atoms with Crippen LogP contribution in [0, 0.1) is 0 Å². The number of fused-ring (bicyclic) bond motifs is 1. The summed E-state index contributed by atoms with van der Waals surface area (Å²) >= 11 is 0. The number of epoxide rings is 1. The van der Waals surface area contributed by atoms with Gasteiger partial charge in [0.25, 0.3) is 0 Å². The minimum Gasteiger partial charge on any atom is -0.375 e. The zero-order valence-electron chi connectivity index (χ0n) is 8.65. The topological polar surface area (TPSA) is 25.0 Å². The van der Waals surface area contributed by atoms with Gasteiger partial charge >= 0.3 is 0 Å². The first-order chi connectivity index (χ1) is 6.93. The van der Waals surface area contributed by atoms with E-state index in [9.17, 15) is 0 Å². The normalized spacial score (nSPS) is 42.4. The van der Waals surface area contributed by atoms with Gasteiger partial charge in [-0.3, -0.25) is 4.90 Å². The molecule has 2 aliphatic heterocycles. The predicted octanol–water partition coefficient (Wildman–Crippen LogP) is 1.03. The number of morpholine rings is 1. The first-order valence-electron chi connectivity index (χ1n) is 5.91. The molecule has 3 nitrogen and oxygen atoms in total. The first kappa shape index (κ1) is 9.13. The van der Waals surface area contributed by atoms with Crippen molar-refractivity contribution in [3.05, 3.63) is 0 Å². The highest BCUT2D eigenvalue weighted by Crippen LogP contribution is 2.30. The molecule has 3 unspecified atom stereocenters. The van der Waals surface area contributed by atoms with Gasteiger partial charge in [-0.1, -0.05) is 0 Å². The van der Waals surface area contributed by atoms with Crippen LogP contribution >= 0.6 is 0 Å². The van der Waals surface area contributed by atoms with E-state index in [1.54, 1.807) is 0 Å². The third-order valence-corrected chi connectivity index (χ3v) is 3.74. The average Bonchev–Trinajstić information content (AvgIpc) is 2.91. The summed E-state index contributed by atoms with van der Waals surface area (Å²) < 4.78 is 11.0. The monoisotopic (exact) mass is 197 g/mol. The molecular formula is C11H19NO2. The van der Waals surface area contributed by atoms with Crippen molar-refractivity contribution in [3.8, 4) is 0 Å². The quantitative estimate of drug-likeness (QED) is 0.632. The van der Waals surface area contributed by atoms with E-state index >= 15 is 0 Å². The van der Waals surface area contributed by atoms with Crippen LogP contribution in [-0.4, -0.2) is 49.5 Å². The second-order valence-corrected chi connectivity index (χ2v) is 4.69. The van der Waals surface area contributed by atoms with Crippen LogP contribution < -0.4 is 0 Å². The summed E-state index contributed by atoms with van der Waals surface area (Å²) in [6, 6.07) is 0.725. The molecule has 3 heteroatoms. The van der Waals surface area contributed by atoms with E-state index in [1.807, 2.05) is 0 Å². The summed E-state index contributed by atoms with van der Waals surface area (Å²) in [6.07, 6.45) is 6.33. The van der Waals surface area contributed by atoms with Gasteiger partial charge in [-0.05, 0) is 25.7 Å². The van der Waals surface area contributed by atoms with Crippen LogP contribution in [0.4, 0.5) is 0 Å². The van der Waals surface area contributed by atoms with Gasteiger partial charge in [0.1, 0.15) is 0 Å². The Balaban J connectivity index is 1.54. The van der Waals surface area contributed by atoms with Crippen molar-refractivity contribution in [1.29, 1.82) is 0 Å². The zero-order chi connectivity index (χ0) is 9.38. The van der Waals surface area contributed by atoms with E-state index in [1.165, 1.54) is 32.2 Å². The minimum atomic E-state index is 0.545. The Bertz CT molecular complexity index is 205. The lowest BCUT2D eigenvalue weighted by Gasteiger charge is -2.37. The molecule has 0 amide bonds. The van der Waals surface area contributed by atoms with Crippen molar-refractivity contribution < 1.29 is 9.47 Å². The SMILES string of the molecule is C1CC2OCCN(CCC3CO3)C2C1. The van der Waals surface area contributed by atoms with Gasteiger partial charge < -0.3 is 9.47 Å². The number of rotatable bonds is 3. The Morgan fingerprint density at radius 2 is 2.14 bits per heavy atom. The van der Waals surface area contributed by atoms with Crippen molar-refractivity contribution in [2.24, 2.45) is 0 Å². The highest BCUT2D eigenvalue weighted by molar-refractivity contribution is 4.89. The van der Waals surface area contributed by atoms with Crippen LogP contribution in [0.1, 0.15) is 25.7 Å². The van der Waals surface area contributed by atoms with Crippen LogP contribution in [0.3, 0.4) is 0 Å². The van der Waals surface area contributed by atoms with Gasteiger partial charge in [0.15, 0.2) is 0 Å². The fraction of sp³-hybridized carbons (Fsp3) is 1.00. The van der Waals surface area contributed by atoms with Gasteiger partial charge in [0, 0.05) is 19.1 Å². The van der Waals surface area contributed by atoms with Gasteiger partial charge in [-0.25, -0.2) is 0 Å². The van der Waals surface area contributed by atoms with Crippen LogP contribution in [-0.2, 0) is 9.47 Å². The number of hydrogen-bond donors (Lipinski definition) is 0. The maximum Gasteiger partial charge on any atom is 0.0822 e. The van der Waals surface area contributed by atoms with E-state index in [4.69, 9.17) is 9.47 Å². The molecule has 0 aromatic rings. The number of hydrogen-bond acceptors (Lipinski definition) is 3. The lowest BCUT2D eigenvalue weighted by Crippen LogP contribution is -2.48. The van der Waals surface area contributed by atoms with Crippen LogP contribution in [0.2, 0.25) is 0 Å². The fourth-order valence-electron chi connectivity index (χ4n) is 2.83. The molecule has 3 aliphatic rings. The molecule has 3 atom stereocenters. The molecule has 3 fully saturated rings. The van der Waals surface area contributed by atoms with Gasteiger partial charge in [0.2, 0.25) is 0 Å². The molecule has 0 spiro atoms. The highest BCUT2D eigenvalue weighted by atomic mass is 16.6. The average molecular weight is 197 g/mol. The third-order valence-electron chi connectivity index (χ3n) is 3.74. The van der Waals surface area contributed by atoms with Crippen LogP contribution in [0.25, 0.3) is 0 Å². The minimum absolute atomic E-state index is 0.545. The van der Waals surface area contributed by atoms with Crippen LogP contribution in [0.5, 0.6) is 0 Å². The molecule has 0 radical (unpaired) electrons. The van der Waals surface area contributed by atoms with Crippen molar-refractivity contribution in [2.45, 2.75) is 43.9 Å². The molecule has 0 aromatic carbocycles. The molecule has 0 N–H and O–H groups in total. The third kappa shape index (κ3) is 1.81. The molecule has 14 heavy (non-hydrogen) atoms. The van der Waals surface area contributed by atoms with Crippen molar-refractivity contribution in [2.75, 3.05) is 26.3 Å². The van der Waals surface area contributed by atoms with E-state index < -0.39 is 0 Å². The Morgan fingerprint density at radius 1 is 1.21 bits per heavy atom. The summed E-state index contributed by atoms with van der Waals surface area (Å²) in [6.45, 7) is 4.29. The van der Waals surface area contributed by atoms with Gasteiger partial charge in [-0.15, -0.1) is 0 Å². The summed E-state index contributed by atoms with van der Waals surface area (Å²) in [5.74, 6) is 0. The zero-order valence-corrected chi connectivity index (χ0v) is 8.65. The van der Waals surface area contributed by atoms with Crippen LogP contribution in [0.15, 0.2) is 0 Å². The predicted molar refractivity (Wildman–Crippen MR) is 53.3 cm³/mol. The highest BCUT2D eigenvalue weighted by Gasteiger charge is 2.36. The standard InChI is InChI=1S/C11H19NO2/c1-2-10-11(3-1)13-7-6-12(10)5-4-9-8-14-9/h9-11H,1-8H2. The smallest absolute Gasteiger partial charge is 0.0822 e. The fourth-order valence-corrected chi connectivity index (χ4v) is 2.83. The maximum absolute atomic E-state index is 5.78. The van der Waals surface area contributed by atoms with E-state index in [2.05, 4.69) is 4.90 Å². The molecule has 80 valence electrons. The summed E-state index contributed by atoms with van der Waals surface area (Å²) in [5, 5.41) is 0. The summed E-state index contributed by atoms with van der Waals surface area (Å²) in [4.78, 5) is 2.63. The Labute approximate surface area is 85.4 Å². The number of nitrogens with zero attached hydrogens (tertiary/aromatic N) is 1. The molecule has 1 saturated carbocycles. The largest absolute Gasteiger partial charge is 0.375 e. The molecular weight excluding hydrogens is 178 g/mol. The molecule has 2 heterocycles. The van der Waals surface area contributed by atoms with E-state index in [0.717, 1.165) is 25.8 Å². The number of ether oxygens (including phenoxy) is 2. The van der Waals surface area contributed by atoms with Crippen molar-refractivity contribution >= 4 is 0 Å². The maximum atomic E-state index is 5.78. The molecule has 0 aromatic heterocycles. The second-order valence-electron chi connectivity index (χ2n) is 4.69. The summed E-state index contributed by atoms with van der Waals surface area (Å²) in [7, 11) is 0.